The van der Waals surface area contributed by atoms with Crippen molar-refractivity contribution >= 4 is 11.2 Å². The molecular formula is C18H13N5. The SMILES string of the molecule is NC1c2ccccc2-c2c(-c3nc4ncncc4[nH]3)cccc21. The monoisotopic (exact) mass is 299 g/mol. The number of H-pyrrole nitrogens is 1. The van der Waals surface area contributed by atoms with Crippen LogP contribution in [0.15, 0.2) is 55.0 Å². The summed E-state index contributed by atoms with van der Waals surface area (Å²) >= 11 is 0. The Morgan fingerprint density at radius 2 is 1.78 bits per heavy atom. The Kier molecular flexibility index (Phi) is 2.43. The van der Waals surface area contributed by atoms with Crippen molar-refractivity contribution in [1.29, 1.82) is 0 Å². The maximum atomic E-state index is 6.43. The molecule has 0 fully saturated rings. The molecule has 1 aliphatic carbocycles. The standard InChI is InChI=1S/C18H13N5/c19-16-11-5-2-1-4-10(11)15-12(16)6-3-7-13(15)17-22-14-8-20-9-21-18(14)23-17/h1-9,16H,19H2,(H,20,21,22,23). The van der Waals surface area contributed by atoms with E-state index in [4.69, 9.17) is 5.73 Å². The summed E-state index contributed by atoms with van der Waals surface area (Å²) in [6.45, 7) is 0. The van der Waals surface area contributed by atoms with Crippen LogP contribution in [0.25, 0.3) is 33.7 Å². The molecule has 110 valence electrons. The molecule has 5 heteroatoms. The maximum absolute atomic E-state index is 6.43. The third-order valence-corrected chi connectivity index (χ3v) is 4.41. The van der Waals surface area contributed by atoms with E-state index in [1.165, 1.54) is 11.9 Å². The predicted molar refractivity (Wildman–Crippen MR) is 88.6 cm³/mol. The quantitative estimate of drug-likeness (QED) is 0.566. The van der Waals surface area contributed by atoms with E-state index in [0.29, 0.717) is 5.65 Å². The van der Waals surface area contributed by atoms with Gasteiger partial charge in [0.05, 0.1) is 12.2 Å². The minimum atomic E-state index is -0.0923. The van der Waals surface area contributed by atoms with Crippen LogP contribution in [-0.2, 0) is 0 Å². The Morgan fingerprint density at radius 3 is 2.70 bits per heavy atom. The van der Waals surface area contributed by atoms with Crippen molar-refractivity contribution in [2.75, 3.05) is 0 Å². The highest BCUT2D eigenvalue weighted by Gasteiger charge is 2.28. The molecule has 0 radical (unpaired) electrons. The van der Waals surface area contributed by atoms with Gasteiger partial charge in [0.2, 0.25) is 0 Å². The van der Waals surface area contributed by atoms with Crippen molar-refractivity contribution in [1.82, 2.24) is 19.9 Å². The van der Waals surface area contributed by atoms with Gasteiger partial charge in [-0.1, -0.05) is 42.5 Å². The number of nitrogens with two attached hydrogens (primary N) is 1. The first-order chi connectivity index (χ1) is 11.3. The second kappa shape index (κ2) is 4.47. The number of aromatic nitrogens is 4. The van der Waals surface area contributed by atoms with Crippen LogP contribution in [0, 0.1) is 0 Å². The largest absolute Gasteiger partial charge is 0.335 e. The minimum Gasteiger partial charge on any atom is -0.335 e. The zero-order valence-corrected chi connectivity index (χ0v) is 12.2. The molecule has 2 aromatic carbocycles. The average Bonchev–Trinajstić information content (AvgIpc) is 3.15. The third-order valence-electron chi connectivity index (χ3n) is 4.41. The number of rotatable bonds is 1. The van der Waals surface area contributed by atoms with Crippen molar-refractivity contribution in [3.05, 3.63) is 66.1 Å². The highest BCUT2D eigenvalue weighted by Crippen LogP contribution is 2.46. The number of nitrogens with one attached hydrogen (secondary N) is 1. The van der Waals surface area contributed by atoms with Crippen LogP contribution < -0.4 is 5.73 Å². The number of nitrogens with zero attached hydrogens (tertiary/aromatic N) is 3. The van der Waals surface area contributed by atoms with Crippen molar-refractivity contribution in [2.24, 2.45) is 5.73 Å². The topological polar surface area (TPSA) is 80.5 Å². The van der Waals surface area contributed by atoms with E-state index in [9.17, 15) is 0 Å². The summed E-state index contributed by atoms with van der Waals surface area (Å²) < 4.78 is 0. The Labute approximate surface area is 132 Å². The third kappa shape index (κ3) is 1.68. The molecule has 5 rings (SSSR count). The van der Waals surface area contributed by atoms with E-state index in [1.54, 1.807) is 6.20 Å². The second-order valence-corrected chi connectivity index (χ2v) is 5.68. The first kappa shape index (κ1) is 12.5. The van der Waals surface area contributed by atoms with Crippen LogP contribution >= 0.6 is 0 Å². The summed E-state index contributed by atoms with van der Waals surface area (Å²) in [6.07, 6.45) is 3.25. The minimum absolute atomic E-state index is 0.0923. The number of benzene rings is 2. The van der Waals surface area contributed by atoms with Gasteiger partial charge in [0.25, 0.3) is 0 Å². The summed E-state index contributed by atoms with van der Waals surface area (Å²) in [5, 5.41) is 0. The van der Waals surface area contributed by atoms with Crippen molar-refractivity contribution < 1.29 is 0 Å². The summed E-state index contributed by atoms with van der Waals surface area (Å²) in [6, 6.07) is 14.4. The van der Waals surface area contributed by atoms with Crippen LogP contribution in [0.1, 0.15) is 17.2 Å². The fraction of sp³-hybridized carbons (Fsp3) is 0.0556. The molecule has 0 amide bonds. The molecule has 1 atom stereocenters. The summed E-state index contributed by atoms with van der Waals surface area (Å²) in [5.41, 5.74) is 13.6. The van der Waals surface area contributed by atoms with Gasteiger partial charge in [-0.2, -0.15) is 0 Å². The van der Waals surface area contributed by atoms with E-state index in [2.05, 4.69) is 44.2 Å². The zero-order valence-electron chi connectivity index (χ0n) is 12.2. The molecule has 2 aromatic heterocycles. The van der Waals surface area contributed by atoms with Crippen LogP contribution in [0.4, 0.5) is 0 Å². The van der Waals surface area contributed by atoms with E-state index in [1.807, 2.05) is 18.2 Å². The number of fused-ring (bicyclic) bond motifs is 4. The van der Waals surface area contributed by atoms with Gasteiger partial charge in [0, 0.05) is 5.56 Å². The van der Waals surface area contributed by atoms with Crippen LogP contribution in [0.5, 0.6) is 0 Å². The van der Waals surface area contributed by atoms with Gasteiger partial charge in [0.1, 0.15) is 17.7 Å². The lowest BCUT2D eigenvalue weighted by Crippen LogP contribution is -2.07. The lowest BCUT2D eigenvalue weighted by molar-refractivity contribution is 0.901. The molecule has 0 aliphatic heterocycles. The van der Waals surface area contributed by atoms with Crippen LogP contribution in [-0.4, -0.2) is 19.9 Å². The van der Waals surface area contributed by atoms with E-state index >= 15 is 0 Å². The first-order valence-electron chi connectivity index (χ1n) is 7.47. The van der Waals surface area contributed by atoms with Gasteiger partial charge in [-0.3, -0.25) is 0 Å². The zero-order chi connectivity index (χ0) is 15.4. The Balaban J connectivity index is 1.81. The van der Waals surface area contributed by atoms with E-state index < -0.39 is 0 Å². The van der Waals surface area contributed by atoms with Crippen molar-refractivity contribution in [3.63, 3.8) is 0 Å². The van der Waals surface area contributed by atoms with Crippen molar-refractivity contribution in [3.8, 4) is 22.5 Å². The highest BCUT2D eigenvalue weighted by atomic mass is 15.0. The fourth-order valence-electron chi connectivity index (χ4n) is 3.38. The van der Waals surface area contributed by atoms with Gasteiger partial charge >= 0.3 is 0 Å². The smallest absolute Gasteiger partial charge is 0.181 e. The fourth-order valence-corrected chi connectivity index (χ4v) is 3.38. The summed E-state index contributed by atoms with van der Waals surface area (Å²) in [7, 11) is 0. The van der Waals surface area contributed by atoms with Gasteiger partial charge in [0.15, 0.2) is 5.65 Å². The molecule has 2 heterocycles. The van der Waals surface area contributed by atoms with Gasteiger partial charge < -0.3 is 10.7 Å². The molecule has 23 heavy (non-hydrogen) atoms. The Morgan fingerprint density at radius 1 is 0.957 bits per heavy atom. The Hall–Kier alpha value is -3.05. The lowest BCUT2D eigenvalue weighted by atomic mass is 9.99. The molecule has 0 saturated carbocycles. The molecule has 1 aliphatic rings. The molecule has 4 aromatic rings. The number of hydrogen-bond acceptors (Lipinski definition) is 4. The first-order valence-corrected chi connectivity index (χ1v) is 7.47. The molecule has 5 nitrogen and oxygen atoms in total. The maximum Gasteiger partial charge on any atom is 0.181 e. The molecular weight excluding hydrogens is 286 g/mol. The van der Waals surface area contributed by atoms with E-state index in [0.717, 1.165) is 33.6 Å². The number of hydrogen-bond donors (Lipinski definition) is 2. The highest BCUT2D eigenvalue weighted by molar-refractivity contribution is 5.91. The lowest BCUT2D eigenvalue weighted by Gasteiger charge is -2.08. The van der Waals surface area contributed by atoms with Gasteiger partial charge in [-0.15, -0.1) is 0 Å². The van der Waals surface area contributed by atoms with Gasteiger partial charge in [-0.25, -0.2) is 15.0 Å². The van der Waals surface area contributed by atoms with Gasteiger partial charge in [-0.05, 0) is 22.3 Å². The Bertz CT molecular complexity index is 1020. The number of aromatic amines is 1. The molecule has 0 spiro atoms. The second-order valence-electron chi connectivity index (χ2n) is 5.68. The molecule has 0 bridgehead atoms. The van der Waals surface area contributed by atoms with Crippen LogP contribution in [0.2, 0.25) is 0 Å². The summed E-state index contributed by atoms with van der Waals surface area (Å²) in [5.74, 6) is 0.793. The normalized spacial score (nSPS) is 15.6. The molecule has 0 saturated heterocycles. The molecule has 3 N–H and O–H groups in total. The average molecular weight is 299 g/mol. The van der Waals surface area contributed by atoms with E-state index in [-0.39, 0.29) is 6.04 Å². The number of imidazole rings is 1. The molecule has 1 unspecified atom stereocenters. The van der Waals surface area contributed by atoms with Crippen LogP contribution in [0.3, 0.4) is 0 Å². The summed E-state index contributed by atoms with van der Waals surface area (Å²) in [4.78, 5) is 16.2. The van der Waals surface area contributed by atoms with Crippen molar-refractivity contribution in [2.45, 2.75) is 6.04 Å². The predicted octanol–water partition coefficient (Wildman–Crippen LogP) is 3.05.